The number of likely N-dealkylation sites (N-methyl/N-ethyl adjacent to an activating group) is 1. The van der Waals surface area contributed by atoms with Crippen LogP contribution in [0.2, 0.25) is 0 Å². The predicted molar refractivity (Wildman–Crippen MR) is 106 cm³/mol. The number of nitrogens with one attached hydrogen (secondary N) is 1. The van der Waals surface area contributed by atoms with Crippen molar-refractivity contribution in [2.24, 2.45) is 0 Å². The van der Waals surface area contributed by atoms with Gasteiger partial charge in [-0.05, 0) is 37.6 Å². The van der Waals surface area contributed by atoms with Crippen LogP contribution in [0.15, 0.2) is 53.4 Å². The Balaban J connectivity index is 2.02. The minimum Gasteiger partial charge on any atom is -0.491 e. The van der Waals surface area contributed by atoms with Gasteiger partial charge in [0.05, 0.1) is 23.0 Å². The fourth-order valence-electron chi connectivity index (χ4n) is 2.73. The van der Waals surface area contributed by atoms with E-state index in [1.165, 1.54) is 24.9 Å². The highest BCUT2D eigenvalue weighted by atomic mass is 32.2. The zero-order chi connectivity index (χ0) is 22.5. The number of carbonyl (C=O) groups excluding carboxylic acids is 1. The monoisotopic (exact) mass is 444 g/mol. The lowest BCUT2D eigenvalue weighted by atomic mass is 10.2. The maximum atomic E-state index is 13.1. The molecule has 0 saturated carbocycles. The number of alkyl halides is 3. The first-order valence-electron chi connectivity index (χ1n) is 9.05. The van der Waals surface area contributed by atoms with E-state index in [9.17, 15) is 26.4 Å². The van der Waals surface area contributed by atoms with Crippen molar-refractivity contribution in [2.45, 2.75) is 31.0 Å². The van der Waals surface area contributed by atoms with Gasteiger partial charge in [-0.15, -0.1) is 0 Å². The largest absolute Gasteiger partial charge is 0.491 e. The number of rotatable bonds is 8. The van der Waals surface area contributed by atoms with Crippen LogP contribution in [0, 0.1) is 6.92 Å². The third kappa shape index (κ3) is 5.96. The van der Waals surface area contributed by atoms with Gasteiger partial charge in [0.25, 0.3) is 0 Å². The Morgan fingerprint density at radius 1 is 1.13 bits per heavy atom. The standard InChI is InChI=1S/C20H23F3N2O4S/c1-14-8-4-6-10-17(14)29-13-12-25(3)19(26)15(2)24-30(27,28)18-11-7-5-9-16(18)20(21,22)23/h4-11,15,24H,12-13H2,1-3H3/t15-/m0/s1. The summed E-state index contributed by atoms with van der Waals surface area (Å²) in [4.78, 5) is 12.8. The highest BCUT2D eigenvalue weighted by molar-refractivity contribution is 7.89. The van der Waals surface area contributed by atoms with E-state index in [4.69, 9.17) is 4.74 Å². The minimum absolute atomic E-state index is 0.165. The smallest absolute Gasteiger partial charge is 0.417 e. The van der Waals surface area contributed by atoms with Crippen molar-refractivity contribution in [1.82, 2.24) is 9.62 Å². The Bertz CT molecular complexity index is 994. The average Bonchev–Trinajstić information content (AvgIpc) is 2.67. The molecule has 1 atom stereocenters. The Hall–Kier alpha value is -2.59. The molecule has 2 aromatic rings. The molecule has 0 aliphatic rings. The summed E-state index contributed by atoms with van der Waals surface area (Å²) >= 11 is 0. The maximum absolute atomic E-state index is 13.1. The molecule has 164 valence electrons. The first-order chi connectivity index (χ1) is 13.9. The van der Waals surface area contributed by atoms with Gasteiger partial charge in [0, 0.05) is 7.05 Å². The van der Waals surface area contributed by atoms with Gasteiger partial charge in [-0.3, -0.25) is 4.79 Å². The molecule has 0 aliphatic carbocycles. The van der Waals surface area contributed by atoms with Crippen molar-refractivity contribution in [3.8, 4) is 5.75 Å². The Kier molecular flexibility index (Phi) is 7.49. The number of ether oxygens (including phenoxy) is 1. The molecule has 0 fully saturated rings. The van der Waals surface area contributed by atoms with Gasteiger partial charge in [0.15, 0.2) is 0 Å². The van der Waals surface area contributed by atoms with Gasteiger partial charge < -0.3 is 9.64 Å². The van der Waals surface area contributed by atoms with Crippen molar-refractivity contribution >= 4 is 15.9 Å². The molecule has 0 spiro atoms. The number of hydrogen-bond acceptors (Lipinski definition) is 4. The summed E-state index contributed by atoms with van der Waals surface area (Å²) in [5.41, 5.74) is -0.368. The van der Waals surface area contributed by atoms with Crippen LogP contribution in [-0.4, -0.2) is 45.5 Å². The minimum atomic E-state index is -4.84. The Morgan fingerprint density at radius 2 is 1.73 bits per heavy atom. The molecule has 0 aromatic heterocycles. The third-order valence-corrected chi connectivity index (χ3v) is 5.94. The highest BCUT2D eigenvalue weighted by Crippen LogP contribution is 2.33. The van der Waals surface area contributed by atoms with Gasteiger partial charge in [0.1, 0.15) is 12.4 Å². The lowest BCUT2D eigenvalue weighted by Crippen LogP contribution is -2.46. The maximum Gasteiger partial charge on any atom is 0.417 e. The normalized spacial score (nSPS) is 13.0. The number of para-hydroxylation sites is 1. The molecule has 30 heavy (non-hydrogen) atoms. The quantitative estimate of drug-likeness (QED) is 0.679. The number of hydrogen-bond donors (Lipinski definition) is 1. The molecule has 10 heteroatoms. The molecule has 0 bridgehead atoms. The summed E-state index contributed by atoms with van der Waals surface area (Å²) in [6, 6.07) is 9.88. The van der Waals surface area contributed by atoms with Gasteiger partial charge in [0.2, 0.25) is 15.9 Å². The summed E-state index contributed by atoms with van der Waals surface area (Å²) in [6.07, 6.45) is -4.84. The number of sulfonamides is 1. The van der Waals surface area contributed by atoms with Crippen LogP contribution in [0.25, 0.3) is 0 Å². The molecule has 0 aliphatic heterocycles. The summed E-state index contributed by atoms with van der Waals surface area (Å²) < 4.78 is 71.9. The molecular weight excluding hydrogens is 421 g/mol. The van der Waals surface area contributed by atoms with E-state index in [1.807, 2.05) is 29.8 Å². The van der Waals surface area contributed by atoms with E-state index < -0.39 is 38.6 Å². The van der Waals surface area contributed by atoms with E-state index in [1.54, 1.807) is 6.07 Å². The topological polar surface area (TPSA) is 75.7 Å². The zero-order valence-electron chi connectivity index (χ0n) is 16.7. The van der Waals surface area contributed by atoms with Gasteiger partial charge in [-0.25, -0.2) is 8.42 Å². The number of amides is 1. The van der Waals surface area contributed by atoms with Crippen molar-refractivity contribution < 1.29 is 31.1 Å². The summed E-state index contributed by atoms with van der Waals surface area (Å²) in [5, 5.41) is 0. The van der Waals surface area contributed by atoms with Crippen molar-refractivity contribution in [2.75, 3.05) is 20.2 Å². The van der Waals surface area contributed by atoms with E-state index in [-0.39, 0.29) is 13.2 Å². The van der Waals surface area contributed by atoms with E-state index in [0.717, 1.165) is 17.7 Å². The van der Waals surface area contributed by atoms with Gasteiger partial charge in [-0.2, -0.15) is 17.9 Å². The summed E-state index contributed by atoms with van der Waals surface area (Å²) in [7, 11) is -3.11. The molecule has 0 heterocycles. The lowest BCUT2D eigenvalue weighted by molar-refractivity contribution is -0.139. The van der Waals surface area contributed by atoms with Gasteiger partial charge >= 0.3 is 6.18 Å². The van der Waals surface area contributed by atoms with Crippen LogP contribution in [0.4, 0.5) is 13.2 Å². The predicted octanol–water partition coefficient (Wildman–Crippen LogP) is 3.22. The average molecular weight is 444 g/mol. The highest BCUT2D eigenvalue weighted by Gasteiger charge is 2.37. The number of halogens is 3. The van der Waals surface area contributed by atoms with Crippen LogP contribution >= 0.6 is 0 Å². The molecular formula is C20H23F3N2O4S. The van der Waals surface area contributed by atoms with Gasteiger partial charge in [-0.1, -0.05) is 30.3 Å². The Morgan fingerprint density at radius 3 is 2.37 bits per heavy atom. The molecule has 2 rings (SSSR count). The van der Waals surface area contributed by atoms with Crippen LogP contribution in [0.3, 0.4) is 0 Å². The van der Waals surface area contributed by atoms with Crippen LogP contribution < -0.4 is 9.46 Å². The number of nitrogens with zero attached hydrogens (tertiary/aromatic N) is 1. The molecule has 2 aromatic carbocycles. The molecule has 0 radical (unpaired) electrons. The van der Waals surface area contributed by atoms with Crippen molar-refractivity contribution in [1.29, 1.82) is 0 Å². The molecule has 1 amide bonds. The molecule has 6 nitrogen and oxygen atoms in total. The SMILES string of the molecule is Cc1ccccc1OCCN(C)C(=O)[C@H](C)NS(=O)(=O)c1ccccc1C(F)(F)F. The number of aryl methyl sites for hydroxylation is 1. The number of benzene rings is 2. The number of carbonyl (C=O) groups is 1. The van der Waals surface area contributed by atoms with Crippen LogP contribution in [0.5, 0.6) is 5.75 Å². The first-order valence-corrected chi connectivity index (χ1v) is 10.5. The van der Waals surface area contributed by atoms with Crippen LogP contribution in [-0.2, 0) is 21.0 Å². The fraction of sp³-hybridized carbons (Fsp3) is 0.350. The molecule has 0 saturated heterocycles. The summed E-state index contributed by atoms with van der Waals surface area (Å²) in [6.45, 7) is 3.48. The van der Waals surface area contributed by atoms with Crippen molar-refractivity contribution in [3.05, 3.63) is 59.7 Å². The van der Waals surface area contributed by atoms with Crippen molar-refractivity contribution in [3.63, 3.8) is 0 Å². The van der Waals surface area contributed by atoms with E-state index >= 15 is 0 Å². The zero-order valence-corrected chi connectivity index (χ0v) is 17.5. The lowest BCUT2D eigenvalue weighted by Gasteiger charge is -2.23. The summed E-state index contributed by atoms with van der Waals surface area (Å²) in [5.74, 6) is 0.0623. The molecule has 1 N–H and O–H groups in total. The first kappa shape index (κ1) is 23.7. The van der Waals surface area contributed by atoms with E-state index in [2.05, 4.69) is 0 Å². The third-order valence-electron chi connectivity index (χ3n) is 4.34. The second kappa shape index (κ2) is 9.48. The van der Waals surface area contributed by atoms with Crippen LogP contribution in [0.1, 0.15) is 18.1 Å². The second-order valence-electron chi connectivity index (χ2n) is 6.71. The molecule has 0 unspecified atom stereocenters. The Labute approximate surface area is 173 Å². The van der Waals surface area contributed by atoms with E-state index in [0.29, 0.717) is 11.8 Å². The fourth-order valence-corrected chi connectivity index (χ4v) is 4.16. The second-order valence-corrected chi connectivity index (χ2v) is 8.39.